The van der Waals surface area contributed by atoms with Crippen molar-refractivity contribution in [2.24, 2.45) is 5.92 Å². The molecular weight excluding hydrogens is 310 g/mol. The summed E-state index contributed by atoms with van der Waals surface area (Å²) >= 11 is 6.59. The average Bonchev–Trinajstić information content (AvgIpc) is 2.76. The van der Waals surface area contributed by atoms with Crippen LogP contribution in [0.25, 0.3) is 0 Å². The van der Waals surface area contributed by atoms with Crippen molar-refractivity contribution in [1.29, 1.82) is 0 Å². The molecule has 1 aromatic rings. The number of carboxylic acids is 1. The molecule has 0 aromatic carbocycles. The third-order valence-corrected chi connectivity index (χ3v) is 6.05. The third-order valence-electron chi connectivity index (χ3n) is 2.88. The van der Waals surface area contributed by atoms with Crippen molar-refractivity contribution in [3.8, 4) is 0 Å². The van der Waals surface area contributed by atoms with E-state index in [4.69, 9.17) is 11.6 Å². The molecule has 5 nitrogen and oxygen atoms in total. The van der Waals surface area contributed by atoms with E-state index in [0.29, 0.717) is 17.2 Å². The van der Waals surface area contributed by atoms with Gasteiger partial charge in [0, 0.05) is 0 Å². The Kier molecular flexibility index (Phi) is 5.79. The van der Waals surface area contributed by atoms with E-state index < -0.39 is 22.0 Å². The van der Waals surface area contributed by atoms with Crippen LogP contribution in [-0.2, 0) is 14.8 Å². The fourth-order valence-corrected chi connectivity index (χ4v) is 4.53. The number of hydrogen-bond donors (Lipinski definition) is 2. The fraction of sp³-hybridized carbons (Fsp3) is 0.545. The van der Waals surface area contributed by atoms with E-state index >= 15 is 0 Å². The molecule has 108 valence electrons. The van der Waals surface area contributed by atoms with Gasteiger partial charge in [-0.25, -0.2) is 8.42 Å². The number of halogens is 1. The van der Waals surface area contributed by atoms with Gasteiger partial charge in [0.05, 0.1) is 4.34 Å². The lowest BCUT2D eigenvalue weighted by Gasteiger charge is -2.21. The van der Waals surface area contributed by atoms with Crippen LogP contribution in [0, 0.1) is 5.92 Å². The number of rotatable bonds is 7. The molecule has 1 atom stereocenters. The number of thiophene rings is 1. The Morgan fingerprint density at radius 2 is 2.00 bits per heavy atom. The maximum atomic E-state index is 12.1. The van der Waals surface area contributed by atoms with Crippen LogP contribution >= 0.6 is 22.9 Å². The van der Waals surface area contributed by atoms with Crippen LogP contribution in [0.3, 0.4) is 0 Å². The molecule has 0 saturated heterocycles. The minimum Gasteiger partial charge on any atom is -0.480 e. The van der Waals surface area contributed by atoms with E-state index in [-0.39, 0.29) is 10.1 Å². The molecule has 0 amide bonds. The van der Waals surface area contributed by atoms with Crippen LogP contribution in [0.5, 0.6) is 0 Å². The molecule has 2 N–H and O–H groups in total. The Bertz CT molecular complexity index is 537. The maximum Gasteiger partial charge on any atom is 0.322 e. The number of hydrogen-bond acceptors (Lipinski definition) is 4. The van der Waals surface area contributed by atoms with Crippen molar-refractivity contribution in [3.05, 3.63) is 16.5 Å². The monoisotopic (exact) mass is 325 g/mol. The quantitative estimate of drug-likeness (QED) is 0.807. The summed E-state index contributed by atoms with van der Waals surface area (Å²) in [4.78, 5) is 11.2. The number of aliphatic carboxylic acids is 1. The molecule has 1 rings (SSSR count). The Hall–Kier alpha value is -0.630. The van der Waals surface area contributed by atoms with E-state index in [1.807, 2.05) is 13.8 Å². The van der Waals surface area contributed by atoms with Gasteiger partial charge in [-0.05, 0) is 18.1 Å². The van der Waals surface area contributed by atoms with Gasteiger partial charge >= 0.3 is 5.97 Å². The summed E-state index contributed by atoms with van der Waals surface area (Å²) in [5, 5.41) is 9.17. The molecule has 19 heavy (non-hydrogen) atoms. The Morgan fingerprint density at radius 1 is 1.42 bits per heavy atom. The van der Waals surface area contributed by atoms with Gasteiger partial charge in [-0.3, -0.25) is 4.79 Å². The zero-order valence-electron chi connectivity index (χ0n) is 10.6. The van der Waals surface area contributed by atoms with Gasteiger partial charge < -0.3 is 5.11 Å². The third kappa shape index (κ3) is 4.17. The van der Waals surface area contributed by atoms with Gasteiger partial charge in [0.15, 0.2) is 0 Å². The van der Waals surface area contributed by atoms with E-state index in [1.54, 1.807) is 0 Å². The smallest absolute Gasteiger partial charge is 0.322 e. The summed E-state index contributed by atoms with van der Waals surface area (Å²) < 4.78 is 26.8. The molecule has 0 bridgehead atoms. The highest BCUT2D eigenvalue weighted by molar-refractivity contribution is 7.91. The fourth-order valence-electron chi connectivity index (χ4n) is 1.78. The topological polar surface area (TPSA) is 83.5 Å². The van der Waals surface area contributed by atoms with Crippen molar-refractivity contribution in [2.45, 2.75) is 36.9 Å². The summed E-state index contributed by atoms with van der Waals surface area (Å²) in [7, 11) is -3.85. The highest BCUT2D eigenvalue weighted by atomic mass is 35.5. The molecule has 1 aromatic heterocycles. The van der Waals surface area contributed by atoms with E-state index in [2.05, 4.69) is 4.72 Å². The minimum atomic E-state index is -3.85. The molecule has 0 fully saturated rings. The first kappa shape index (κ1) is 16.4. The zero-order valence-corrected chi connectivity index (χ0v) is 13.0. The number of nitrogens with one attached hydrogen (secondary N) is 1. The summed E-state index contributed by atoms with van der Waals surface area (Å²) in [5.41, 5.74) is 0. The Morgan fingerprint density at radius 3 is 2.37 bits per heavy atom. The maximum absolute atomic E-state index is 12.1. The Balaban J connectivity index is 2.99. The first-order chi connectivity index (χ1) is 8.81. The normalized spacial score (nSPS) is 13.7. The van der Waals surface area contributed by atoms with Crippen LogP contribution < -0.4 is 4.72 Å². The molecule has 0 spiro atoms. The van der Waals surface area contributed by atoms with Crippen molar-refractivity contribution >= 4 is 38.9 Å². The van der Waals surface area contributed by atoms with Gasteiger partial charge in [0.2, 0.25) is 0 Å². The second kappa shape index (κ2) is 6.69. The summed E-state index contributed by atoms with van der Waals surface area (Å²) in [5.74, 6) is -1.41. The lowest BCUT2D eigenvalue weighted by molar-refractivity contribution is -0.140. The van der Waals surface area contributed by atoms with Crippen LogP contribution in [0.15, 0.2) is 16.3 Å². The van der Waals surface area contributed by atoms with E-state index in [0.717, 1.165) is 11.3 Å². The number of carboxylic acid groups (broad SMARTS) is 1. The molecule has 1 unspecified atom stereocenters. The van der Waals surface area contributed by atoms with Gasteiger partial charge in [-0.15, -0.1) is 11.3 Å². The summed E-state index contributed by atoms with van der Waals surface area (Å²) in [6.45, 7) is 3.67. The van der Waals surface area contributed by atoms with Gasteiger partial charge in [-0.1, -0.05) is 38.3 Å². The van der Waals surface area contributed by atoms with Gasteiger partial charge in [-0.2, -0.15) is 4.72 Å². The van der Waals surface area contributed by atoms with Crippen molar-refractivity contribution < 1.29 is 18.3 Å². The highest BCUT2D eigenvalue weighted by Crippen LogP contribution is 2.26. The lowest BCUT2D eigenvalue weighted by atomic mass is 9.95. The largest absolute Gasteiger partial charge is 0.480 e. The Labute approximate surface area is 121 Å². The van der Waals surface area contributed by atoms with Crippen LogP contribution in [-0.4, -0.2) is 25.5 Å². The predicted octanol–water partition coefficient (Wildman–Crippen LogP) is 2.57. The predicted molar refractivity (Wildman–Crippen MR) is 75.1 cm³/mol. The van der Waals surface area contributed by atoms with Gasteiger partial charge in [0.25, 0.3) is 10.0 Å². The molecular formula is C11H16ClNO4S2. The van der Waals surface area contributed by atoms with Gasteiger partial charge in [0.1, 0.15) is 10.3 Å². The van der Waals surface area contributed by atoms with Crippen molar-refractivity contribution in [3.63, 3.8) is 0 Å². The summed E-state index contributed by atoms with van der Waals surface area (Å²) in [6, 6.07) is 1.70. The zero-order chi connectivity index (χ0) is 14.6. The first-order valence-electron chi connectivity index (χ1n) is 5.82. The molecule has 8 heteroatoms. The second-order valence-electron chi connectivity index (χ2n) is 4.07. The van der Waals surface area contributed by atoms with Crippen LogP contribution in [0.1, 0.15) is 26.7 Å². The second-order valence-corrected chi connectivity index (χ2v) is 7.73. The minimum absolute atomic E-state index is 0.0229. The number of sulfonamides is 1. The molecule has 0 aliphatic rings. The van der Waals surface area contributed by atoms with E-state index in [9.17, 15) is 18.3 Å². The van der Waals surface area contributed by atoms with Crippen molar-refractivity contribution in [2.75, 3.05) is 0 Å². The van der Waals surface area contributed by atoms with Crippen molar-refractivity contribution in [1.82, 2.24) is 4.72 Å². The summed E-state index contributed by atoms with van der Waals surface area (Å²) in [6.07, 6.45) is 1.17. The average molecular weight is 326 g/mol. The highest BCUT2D eigenvalue weighted by Gasteiger charge is 2.31. The van der Waals surface area contributed by atoms with Crippen LogP contribution in [0.2, 0.25) is 4.34 Å². The van der Waals surface area contributed by atoms with E-state index in [1.165, 1.54) is 12.1 Å². The molecule has 0 aliphatic heterocycles. The molecule has 0 aliphatic carbocycles. The SMILES string of the molecule is CCC(CC)C(NS(=O)(=O)c1ccc(Cl)s1)C(=O)O. The molecule has 1 heterocycles. The molecule has 0 radical (unpaired) electrons. The van der Waals surface area contributed by atoms with Crippen LogP contribution in [0.4, 0.5) is 0 Å². The molecule has 0 saturated carbocycles. The first-order valence-corrected chi connectivity index (χ1v) is 8.50. The lowest BCUT2D eigenvalue weighted by Crippen LogP contribution is -2.45. The number of carbonyl (C=O) groups is 1. The standard InChI is InChI=1S/C11H16ClNO4S2/c1-3-7(4-2)10(11(14)15)13-19(16,17)9-6-5-8(12)18-9/h5-7,10,13H,3-4H2,1-2H3,(H,14,15).